The standard InChI is InChI=1S/C14H9BrClF2NO5S/c15-9-5-7-10(8-6-9)25(22,23)24-13(14(17,18)19(20)21)11-3-1-2-4-12(11)16/h1-8,13H. The highest BCUT2D eigenvalue weighted by Crippen LogP contribution is 2.40. The van der Waals surface area contributed by atoms with Crippen molar-refractivity contribution in [2.24, 2.45) is 0 Å². The lowest BCUT2D eigenvalue weighted by atomic mass is 10.1. The summed E-state index contributed by atoms with van der Waals surface area (Å²) in [6.45, 7) is 0. The Kier molecular flexibility index (Phi) is 5.77. The van der Waals surface area contributed by atoms with Crippen molar-refractivity contribution in [2.45, 2.75) is 17.0 Å². The summed E-state index contributed by atoms with van der Waals surface area (Å²) in [5.41, 5.74) is -0.522. The molecule has 0 aliphatic heterocycles. The topological polar surface area (TPSA) is 86.5 Å². The van der Waals surface area contributed by atoms with Gasteiger partial charge in [0.25, 0.3) is 10.1 Å². The first-order chi connectivity index (χ1) is 11.6. The molecule has 0 bridgehead atoms. The Morgan fingerprint density at radius 1 is 1.16 bits per heavy atom. The van der Waals surface area contributed by atoms with Crippen LogP contribution in [0.3, 0.4) is 0 Å². The van der Waals surface area contributed by atoms with Gasteiger partial charge in [0.15, 0.2) is 0 Å². The fourth-order valence-electron chi connectivity index (χ4n) is 1.86. The van der Waals surface area contributed by atoms with Crippen LogP contribution in [0.5, 0.6) is 0 Å². The molecule has 0 N–H and O–H groups in total. The molecule has 2 aromatic rings. The van der Waals surface area contributed by atoms with Crippen molar-refractivity contribution in [2.75, 3.05) is 0 Å². The molecule has 2 rings (SSSR count). The fraction of sp³-hybridized carbons (Fsp3) is 0.143. The molecular weight excluding hydrogens is 448 g/mol. The average molecular weight is 457 g/mol. The van der Waals surface area contributed by atoms with Crippen molar-refractivity contribution in [1.29, 1.82) is 0 Å². The quantitative estimate of drug-likeness (QED) is 0.278. The van der Waals surface area contributed by atoms with E-state index in [0.29, 0.717) is 4.47 Å². The fourth-order valence-corrected chi connectivity index (χ4v) is 3.42. The molecule has 11 heteroatoms. The maximum absolute atomic E-state index is 14.0. The van der Waals surface area contributed by atoms with Crippen molar-refractivity contribution in [3.63, 3.8) is 0 Å². The van der Waals surface area contributed by atoms with Crippen molar-refractivity contribution in [3.8, 4) is 0 Å². The zero-order valence-corrected chi connectivity index (χ0v) is 15.3. The van der Waals surface area contributed by atoms with Gasteiger partial charge in [0.05, 0.1) is 9.82 Å². The third kappa shape index (κ3) is 4.32. The third-order valence-corrected chi connectivity index (χ3v) is 5.24. The Morgan fingerprint density at radius 3 is 2.24 bits per heavy atom. The summed E-state index contributed by atoms with van der Waals surface area (Å²) in [6.07, 6.45) is -2.73. The monoisotopic (exact) mass is 455 g/mol. The summed E-state index contributed by atoms with van der Waals surface area (Å²) >= 11 is 8.89. The Balaban J connectivity index is 2.52. The van der Waals surface area contributed by atoms with E-state index in [1.165, 1.54) is 30.3 Å². The minimum absolute atomic E-state index is 0.292. The van der Waals surface area contributed by atoms with Crippen LogP contribution >= 0.6 is 27.5 Å². The molecule has 0 saturated carbocycles. The van der Waals surface area contributed by atoms with Crippen LogP contribution in [-0.2, 0) is 14.3 Å². The van der Waals surface area contributed by atoms with Gasteiger partial charge < -0.3 is 0 Å². The molecule has 0 saturated heterocycles. The predicted molar refractivity (Wildman–Crippen MR) is 88.5 cm³/mol. The number of hydrogen-bond acceptors (Lipinski definition) is 5. The maximum Gasteiger partial charge on any atom is 0.543 e. The largest absolute Gasteiger partial charge is 0.543 e. The number of nitrogens with zero attached hydrogens (tertiary/aromatic N) is 1. The molecule has 134 valence electrons. The summed E-state index contributed by atoms with van der Waals surface area (Å²) in [5, 5.41) is 10.5. The van der Waals surface area contributed by atoms with Crippen molar-refractivity contribution < 1.29 is 26.3 Å². The minimum atomic E-state index is -4.73. The molecular formula is C14H9BrClF2NO5S. The molecule has 1 unspecified atom stereocenters. The summed E-state index contributed by atoms with van der Waals surface area (Å²) in [5.74, 6) is 0. The Hall–Kier alpha value is -1.62. The summed E-state index contributed by atoms with van der Waals surface area (Å²) in [7, 11) is -4.72. The van der Waals surface area contributed by atoms with E-state index in [0.717, 1.165) is 18.2 Å². The molecule has 0 radical (unpaired) electrons. The van der Waals surface area contributed by atoms with Gasteiger partial charge in [-0.2, -0.15) is 8.42 Å². The Bertz CT molecular complexity index is 892. The zero-order chi connectivity index (χ0) is 18.8. The van der Waals surface area contributed by atoms with Crippen molar-refractivity contribution in [3.05, 3.63) is 73.7 Å². The normalized spacial score (nSPS) is 13.4. The Morgan fingerprint density at radius 2 is 1.72 bits per heavy atom. The average Bonchev–Trinajstić information content (AvgIpc) is 2.53. The lowest BCUT2D eigenvalue weighted by Crippen LogP contribution is -2.38. The number of alkyl halides is 2. The number of nitro groups is 1. The van der Waals surface area contributed by atoms with Crippen LogP contribution in [0.2, 0.25) is 5.02 Å². The third-order valence-electron chi connectivity index (χ3n) is 3.07. The van der Waals surface area contributed by atoms with E-state index in [2.05, 4.69) is 20.1 Å². The van der Waals surface area contributed by atoms with Gasteiger partial charge in [0, 0.05) is 15.1 Å². The first-order valence-electron chi connectivity index (χ1n) is 6.51. The zero-order valence-electron chi connectivity index (χ0n) is 12.1. The van der Waals surface area contributed by atoms with Crippen LogP contribution in [0.15, 0.2) is 57.9 Å². The van der Waals surface area contributed by atoms with E-state index in [4.69, 9.17) is 11.6 Å². The molecule has 0 aromatic heterocycles. The van der Waals surface area contributed by atoms with Crippen LogP contribution in [0.1, 0.15) is 11.7 Å². The van der Waals surface area contributed by atoms with Gasteiger partial charge in [0.1, 0.15) is 0 Å². The molecule has 0 amide bonds. The van der Waals surface area contributed by atoms with E-state index in [9.17, 15) is 27.3 Å². The SMILES string of the molecule is O=[N+]([O-])C(F)(F)C(OS(=O)(=O)c1ccc(Br)cc1)c1ccccc1Cl. The maximum atomic E-state index is 14.0. The molecule has 25 heavy (non-hydrogen) atoms. The molecule has 2 aromatic carbocycles. The highest BCUT2D eigenvalue weighted by atomic mass is 79.9. The van der Waals surface area contributed by atoms with Crippen molar-refractivity contribution in [1.82, 2.24) is 0 Å². The lowest BCUT2D eigenvalue weighted by molar-refractivity contribution is -0.657. The lowest BCUT2D eigenvalue weighted by Gasteiger charge is -2.21. The first kappa shape index (κ1) is 19.7. The van der Waals surface area contributed by atoms with E-state index >= 15 is 0 Å². The smallest absolute Gasteiger partial charge is 0.259 e. The first-order valence-corrected chi connectivity index (χ1v) is 9.09. The molecule has 1 atom stereocenters. The summed E-state index contributed by atoms with van der Waals surface area (Å²) < 4.78 is 57.7. The van der Waals surface area contributed by atoms with Gasteiger partial charge in [-0.3, -0.25) is 10.1 Å². The van der Waals surface area contributed by atoms with E-state index in [1.54, 1.807) is 0 Å². The molecule has 6 nitrogen and oxygen atoms in total. The number of benzene rings is 2. The Labute approximate surface area is 154 Å². The van der Waals surface area contributed by atoms with Gasteiger partial charge in [-0.25, -0.2) is 4.18 Å². The van der Waals surface area contributed by atoms with Crippen LogP contribution in [0, 0.1) is 10.1 Å². The molecule has 0 fully saturated rings. The molecule has 0 aliphatic carbocycles. The van der Waals surface area contributed by atoms with Gasteiger partial charge in [-0.1, -0.05) is 45.7 Å². The van der Waals surface area contributed by atoms with Gasteiger partial charge in [-0.15, -0.1) is 8.78 Å². The second kappa shape index (κ2) is 7.32. The number of rotatable bonds is 6. The molecule has 0 heterocycles. The second-order valence-corrected chi connectivity index (χ2v) is 7.65. The van der Waals surface area contributed by atoms with E-state index in [-0.39, 0.29) is 5.02 Å². The van der Waals surface area contributed by atoms with Crippen LogP contribution in [0.4, 0.5) is 8.78 Å². The van der Waals surface area contributed by atoms with Crippen LogP contribution in [0.25, 0.3) is 0 Å². The minimum Gasteiger partial charge on any atom is -0.259 e. The molecule has 0 aliphatic rings. The summed E-state index contributed by atoms with van der Waals surface area (Å²) in [4.78, 5) is 8.39. The van der Waals surface area contributed by atoms with E-state index in [1.807, 2.05) is 0 Å². The second-order valence-electron chi connectivity index (χ2n) is 4.75. The molecule has 0 spiro atoms. The van der Waals surface area contributed by atoms with Crippen molar-refractivity contribution >= 4 is 37.6 Å². The number of halogens is 4. The highest BCUT2D eigenvalue weighted by Gasteiger charge is 2.57. The summed E-state index contributed by atoms with van der Waals surface area (Å²) in [6, 6.07) is 5.08. The van der Waals surface area contributed by atoms with Gasteiger partial charge >= 0.3 is 6.05 Å². The van der Waals surface area contributed by atoms with Gasteiger partial charge in [-0.05, 0) is 30.3 Å². The van der Waals surface area contributed by atoms with Gasteiger partial charge in [0.2, 0.25) is 6.10 Å². The number of hydrogen-bond donors (Lipinski definition) is 0. The van der Waals surface area contributed by atoms with E-state index < -0.39 is 37.7 Å². The predicted octanol–water partition coefficient (Wildman–Crippen LogP) is 4.42. The van der Waals surface area contributed by atoms with Crippen LogP contribution in [-0.4, -0.2) is 19.4 Å². The highest BCUT2D eigenvalue weighted by molar-refractivity contribution is 9.10. The van der Waals surface area contributed by atoms with Crippen LogP contribution < -0.4 is 0 Å².